The number of carbonyl (C=O) groups excluding carboxylic acids is 1. The highest BCUT2D eigenvalue weighted by molar-refractivity contribution is 5.79. The average Bonchev–Trinajstić information content (AvgIpc) is 2.48. The highest BCUT2D eigenvalue weighted by atomic mass is 16.2. The molecule has 3 N–H and O–H groups in total. The van der Waals surface area contributed by atoms with Crippen LogP contribution in [0.5, 0.6) is 0 Å². The van der Waals surface area contributed by atoms with Gasteiger partial charge < -0.3 is 11.1 Å². The first-order valence-corrected chi connectivity index (χ1v) is 7.78. The van der Waals surface area contributed by atoms with Crippen LogP contribution in [0, 0.1) is 5.92 Å². The van der Waals surface area contributed by atoms with Crippen molar-refractivity contribution in [2.45, 2.75) is 38.8 Å². The Labute approximate surface area is 127 Å². The molecular formula is C17H27N3O. The number of amides is 1. The Hall–Kier alpha value is -1.39. The minimum absolute atomic E-state index is 0.0771. The van der Waals surface area contributed by atoms with Crippen LogP contribution in [-0.4, -0.2) is 36.0 Å². The lowest BCUT2D eigenvalue weighted by atomic mass is 9.95. The minimum Gasteiger partial charge on any atom is -0.350 e. The van der Waals surface area contributed by atoms with Crippen LogP contribution in [0.3, 0.4) is 0 Å². The van der Waals surface area contributed by atoms with Gasteiger partial charge >= 0.3 is 0 Å². The summed E-state index contributed by atoms with van der Waals surface area (Å²) >= 11 is 0. The van der Waals surface area contributed by atoms with Gasteiger partial charge in [-0.15, -0.1) is 0 Å². The summed E-state index contributed by atoms with van der Waals surface area (Å²) in [5, 5.41) is 3.07. The zero-order valence-electron chi connectivity index (χ0n) is 13.1. The molecule has 2 rings (SSSR count). The Bertz CT molecular complexity index is 458. The first-order chi connectivity index (χ1) is 10.00. The second-order valence-corrected chi connectivity index (χ2v) is 6.64. The molecule has 1 heterocycles. The molecule has 21 heavy (non-hydrogen) atoms. The van der Waals surface area contributed by atoms with Gasteiger partial charge in [0.05, 0.1) is 5.92 Å². The maximum absolute atomic E-state index is 12.4. The summed E-state index contributed by atoms with van der Waals surface area (Å²) < 4.78 is 0. The molecule has 0 saturated carbocycles. The second-order valence-electron chi connectivity index (χ2n) is 6.64. The number of nitrogens with one attached hydrogen (secondary N) is 1. The first kappa shape index (κ1) is 16.0. The monoisotopic (exact) mass is 289 g/mol. The Morgan fingerprint density at radius 3 is 2.76 bits per heavy atom. The van der Waals surface area contributed by atoms with Crippen LogP contribution < -0.4 is 11.1 Å². The maximum atomic E-state index is 12.4. The average molecular weight is 289 g/mol. The van der Waals surface area contributed by atoms with Crippen molar-refractivity contribution >= 4 is 5.91 Å². The smallest absolute Gasteiger partial charge is 0.224 e. The van der Waals surface area contributed by atoms with E-state index in [0.29, 0.717) is 6.54 Å². The van der Waals surface area contributed by atoms with Crippen LogP contribution in [0.2, 0.25) is 0 Å². The third-order valence-corrected chi connectivity index (χ3v) is 4.10. The van der Waals surface area contributed by atoms with Gasteiger partial charge in [0.25, 0.3) is 0 Å². The van der Waals surface area contributed by atoms with Crippen molar-refractivity contribution in [3.63, 3.8) is 0 Å². The summed E-state index contributed by atoms with van der Waals surface area (Å²) in [5.74, 6) is 0.219. The number of rotatable bonds is 5. The molecule has 0 bridgehead atoms. The number of piperidine rings is 1. The molecule has 1 saturated heterocycles. The van der Waals surface area contributed by atoms with Crippen LogP contribution in [0.1, 0.15) is 32.3 Å². The normalized spacial score (nSPS) is 20.2. The quantitative estimate of drug-likeness (QED) is 0.868. The molecule has 1 amide bonds. The van der Waals surface area contributed by atoms with E-state index in [1.54, 1.807) is 0 Å². The van der Waals surface area contributed by atoms with Crippen molar-refractivity contribution < 1.29 is 4.79 Å². The van der Waals surface area contributed by atoms with Gasteiger partial charge in [-0.3, -0.25) is 9.69 Å². The molecule has 0 aliphatic carbocycles. The van der Waals surface area contributed by atoms with Crippen molar-refractivity contribution in [1.82, 2.24) is 10.2 Å². The fourth-order valence-corrected chi connectivity index (χ4v) is 2.74. The minimum atomic E-state index is -0.321. The van der Waals surface area contributed by atoms with Gasteiger partial charge in [-0.1, -0.05) is 30.3 Å². The van der Waals surface area contributed by atoms with Crippen LogP contribution in [0.4, 0.5) is 0 Å². The molecule has 0 spiro atoms. The lowest BCUT2D eigenvalue weighted by Crippen LogP contribution is -2.53. The molecule has 1 atom stereocenters. The molecule has 0 aromatic heterocycles. The molecule has 4 heteroatoms. The zero-order chi connectivity index (χ0) is 15.3. The third kappa shape index (κ3) is 4.83. The topological polar surface area (TPSA) is 58.4 Å². The molecule has 1 aromatic carbocycles. The van der Waals surface area contributed by atoms with Gasteiger partial charge in [-0.05, 0) is 38.8 Å². The van der Waals surface area contributed by atoms with E-state index >= 15 is 0 Å². The van der Waals surface area contributed by atoms with E-state index in [1.807, 2.05) is 19.9 Å². The van der Waals surface area contributed by atoms with E-state index in [9.17, 15) is 4.79 Å². The Balaban J connectivity index is 1.90. The van der Waals surface area contributed by atoms with Crippen molar-refractivity contribution in [1.29, 1.82) is 0 Å². The fourth-order valence-electron chi connectivity index (χ4n) is 2.74. The van der Waals surface area contributed by atoms with Gasteiger partial charge in [-0.25, -0.2) is 0 Å². The molecule has 1 aromatic rings. The van der Waals surface area contributed by atoms with E-state index in [-0.39, 0.29) is 17.4 Å². The lowest BCUT2D eigenvalue weighted by Gasteiger charge is -2.34. The SMILES string of the molecule is CC(C)(CN)NC(=O)C1CCCN(Cc2ccccc2)C1. The molecular weight excluding hydrogens is 262 g/mol. The van der Waals surface area contributed by atoms with Gasteiger partial charge in [0.2, 0.25) is 5.91 Å². The summed E-state index contributed by atoms with van der Waals surface area (Å²) in [6.07, 6.45) is 2.05. The zero-order valence-corrected chi connectivity index (χ0v) is 13.1. The number of likely N-dealkylation sites (tertiary alicyclic amines) is 1. The maximum Gasteiger partial charge on any atom is 0.224 e. The van der Waals surface area contributed by atoms with E-state index < -0.39 is 0 Å². The predicted octanol–water partition coefficient (Wildman–Crippen LogP) is 1.75. The van der Waals surface area contributed by atoms with Crippen molar-refractivity contribution in [2.24, 2.45) is 11.7 Å². The largest absolute Gasteiger partial charge is 0.350 e. The van der Waals surface area contributed by atoms with Gasteiger partial charge in [0.1, 0.15) is 0 Å². The highest BCUT2D eigenvalue weighted by Gasteiger charge is 2.28. The third-order valence-electron chi connectivity index (χ3n) is 4.10. The van der Waals surface area contributed by atoms with E-state index in [0.717, 1.165) is 32.5 Å². The molecule has 4 nitrogen and oxygen atoms in total. The fraction of sp³-hybridized carbons (Fsp3) is 0.588. The summed E-state index contributed by atoms with van der Waals surface area (Å²) in [6.45, 7) is 7.22. The van der Waals surface area contributed by atoms with E-state index in [2.05, 4.69) is 34.5 Å². The Morgan fingerprint density at radius 2 is 2.10 bits per heavy atom. The lowest BCUT2D eigenvalue weighted by molar-refractivity contribution is -0.128. The second kappa shape index (κ2) is 7.05. The van der Waals surface area contributed by atoms with Crippen LogP contribution in [-0.2, 0) is 11.3 Å². The van der Waals surface area contributed by atoms with Gasteiger partial charge in [0.15, 0.2) is 0 Å². The van der Waals surface area contributed by atoms with Gasteiger partial charge in [-0.2, -0.15) is 0 Å². The van der Waals surface area contributed by atoms with Crippen LogP contribution in [0.25, 0.3) is 0 Å². The summed E-state index contributed by atoms with van der Waals surface area (Å²) in [7, 11) is 0. The number of benzene rings is 1. The Morgan fingerprint density at radius 1 is 1.38 bits per heavy atom. The number of carbonyl (C=O) groups is 1. The van der Waals surface area contributed by atoms with Crippen molar-refractivity contribution in [3.8, 4) is 0 Å². The number of hydrogen-bond acceptors (Lipinski definition) is 3. The number of nitrogens with zero attached hydrogens (tertiary/aromatic N) is 1. The van der Waals surface area contributed by atoms with Crippen LogP contribution >= 0.6 is 0 Å². The summed E-state index contributed by atoms with van der Waals surface area (Å²) in [5.41, 5.74) is 6.67. The predicted molar refractivity (Wildman–Crippen MR) is 85.7 cm³/mol. The molecule has 0 radical (unpaired) electrons. The van der Waals surface area contributed by atoms with Crippen molar-refractivity contribution in [2.75, 3.05) is 19.6 Å². The summed E-state index contributed by atoms with van der Waals surface area (Å²) in [6, 6.07) is 10.4. The Kier molecular flexibility index (Phi) is 5.37. The highest BCUT2D eigenvalue weighted by Crippen LogP contribution is 2.19. The van der Waals surface area contributed by atoms with E-state index in [4.69, 9.17) is 5.73 Å². The standard InChI is InChI=1S/C17H27N3O/c1-17(2,13-18)19-16(21)15-9-6-10-20(12-15)11-14-7-4-3-5-8-14/h3-5,7-8,15H,6,9-13,18H2,1-2H3,(H,19,21). The van der Waals surface area contributed by atoms with Crippen LogP contribution in [0.15, 0.2) is 30.3 Å². The molecule has 1 fully saturated rings. The molecule has 1 aliphatic heterocycles. The molecule has 1 unspecified atom stereocenters. The summed E-state index contributed by atoms with van der Waals surface area (Å²) in [4.78, 5) is 14.8. The number of hydrogen-bond donors (Lipinski definition) is 2. The van der Waals surface area contributed by atoms with E-state index in [1.165, 1.54) is 5.56 Å². The molecule has 116 valence electrons. The molecule has 1 aliphatic rings. The number of nitrogens with two attached hydrogens (primary N) is 1. The van der Waals surface area contributed by atoms with Gasteiger partial charge in [0, 0.05) is 25.2 Å². The first-order valence-electron chi connectivity index (χ1n) is 7.78. The van der Waals surface area contributed by atoms with Crippen molar-refractivity contribution in [3.05, 3.63) is 35.9 Å².